The van der Waals surface area contributed by atoms with Gasteiger partial charge in [0.2, 0.25) is 0 Å². The summed E-state index contributed by atoms with van der Waals surface area (Å²) < 4.78 is 18.9. The van der Waals surface area contributed by atoms with E-state index in [0.29, 0.717) is 38.9 Å². The fourth-order valence-corrected chi connectivity index (χ4v) is 3.11. The van der Waals surface area contributed by atoms with Gasteiger partial charge in [-0.1, -0.05) is 0 Å². The molecule has 0 aromatic heterocycles. The van der Waals surface area contributed by atoms with E-state index in [0.717, 1.165) is 12.1 Å². The molecule has 1 spiro atoms. The fraction of sp³-hybridized carbons (Fsp3) is 0.438. The first-order chi connectivity index (χ1) is 11.0. The second-order valence-electron chi connectivity index (χ2n) is 5.91. The number of hydrogen-bond donors (Lipinski definition) is 1. The van der Waals surface area contributed by atoms with Crippen LogP contribution in [0.25, 0.3) is 0 Å². The number of amides is 2. The summed E-state index contributed by atoms with van der Waals surface area (Å²) in [5.41, 5.74) is -0.265. The van der Waals surface area contributed by atoms with E-state index in [-0.39, 0.29) is 17.0 Å². The molecule has 2 saturated heterocycles. The number of carbonyl (C=O) groups excluding carboxylic acids is 2. The van der Waals surface area contributed by atoms with Crippen LogP contribution in [0.4, 0.5) is 9.18 Å². The molecule has 2 aliphatic heterocycles. The van der Waals surface area contributed by atoms with E-state index in [4.69, 9.17) is 10.00 Å². The molecule has 0 aliphatic carbocycles. The van der Waals surface area contributed by atoms with Crippen molar-refractivity contribution in [3.05, 3.63) is 35.1 Å². The minimum atomic E-state index is -0.604. The highest BCUT2D eigenvalue weighted by atomic mass is 19.1. The van der Waals surface area contributed by atoms with Gasteiger partial charge in [-0.05, 0) is 31.0 Å². The molecule has 2 amide bonds. The van der Waals surface area contributed by atoms with Crippen molar-refractivity contribution in [2.45, 2.75) is 24.9 Å². The summed E-state index contributed by atoms with van der Waals surface area (Å²) in [4.78, 5) is 25.5. The molecule has 0 radical (unpaired) electrons. The second kappa shape index (κ2) is 5.88. The Balaban J connectivity index is 1.75. The van der Waals surface area contributed by atoms with Crippen LogP contribution < -0.4 is 5.32 Å². The summed E-state index contributed by atoms with van der Waals surface area (Å²) in [5, 5.41) is 11.5. The van der Waals surface area contributed by atoms with Crippen LogP contribution in [-0.4, -0.2) is 42.1 Å². The molecule has 1 atom stereocenters. The van der Waals surface area contributed by atoms with Gasteiger partial charge < -0.3 is 15.0 Å². The van der Waals surface area contributed by atoms with Crippen molar-refractivity contribution in [2.24, 2.45) is 0 Å². The highest BCUT2D eigenvalue weighted by molar-refractivity contribution is 5.94. The van der Waals surface area contributed by atoms with E-state index >= 15 is 0 Å². The third-order valence-electron chi connectivity index (χ3n) is 4.32. The SMILES string of the molecule is N#Cc1cc(F)cc(C(=O)N2CCC[C@@]3(CC2)CNC(=O)O3)c1. The van der Waals surface area contributed by atoms with Gasteiger partial charge >= 0.3 is 6.09 Å². The number of alkyl carbamates (subject to hydrolysis) is 1. The standard InChI is InChI=1S/C16H16FN3O3/c17-13-7-11(9-18)6-12(8-13)14(21)20-4-1-2-16(3-5-20)10-19-15(22)23-16/h6-8H,1-5,10H2,(H,19,22)/t16-/m1/s1. The smallest absolute Gasteiger partial charge is 0.407 e. The lowest BCUT2D eigenvalue weighted by Gasteiger charge is -2.25. The maximum atomic E-state index is 13.5. The molecule has 1 aromatic carbocycles. The van der Waals surface area contributed by atoms with Gasteiger partial charge in [-0.15, -0.1) is 0 Å². The van der Waals surface area contributed by atoms with Crippen molar-refractivity contribution in [3.8, 4) is 6.07 Å². The maximum Gasteiger partial charge on any atom is 0.407 e. The van der Waals surface area contributed by atoms with E-state index in [2.05, 4.69) is 5.32 Å². The highest BCUT2D eigenvalue weighted by Crippen LogP contribution is 2.29. The minimum Gasteiger partial charge on any atom is -0.441 e. The van der Waals surface area contributed by atoms with Crippen LogP contribution in [0.3, 0.4) is 0 Å². The van der Waals surface area contributed by atoms with Gasteiger partial charge in [0, 0.05) is 25.1 Å². The van der Waals surface area contributed by atoms with Gasteiger partial charge in [0.1, 0.15) is 11.4 Å². The van der Waals surface area contributed by atoms with E-state index in [1.807, 2.05) is 6.07 Å². The zero-order valence-corrected chi connectivity index (χ0v) is 12.5. The van der Waals surface area contributed by atoms with E-state index in [9.17, 15) is 14.0 Å². The van der Waals surface area contributed by atoms with E-state index in [1.54, 1.807) is 4.90 Å². The average Bonchev–Trinajstić information content (AvgIpc) is 2.77. The Morgan fingerprint density at radius 2 is 2.17 bits per heavy atom. The van der Waals surface area contributed by atoms with Gasteiger partial charge in [-0.25, -0.2) is 9.18 Å². The van der Waals surface area contributed by atoms with Crippen LogP contribution in [0.15, 0.2) is 18.2 Å². The molecule has 0 bridgehead atoms. The Labute approximate surface area is 132 Å². The molecule has 2 aliphatic rings. The van der Waals surface area contributed by atoms with Crippen molar-refractivity contribution in [1.82, 2.24) is 10.2 Å². The summed E-state index contributed by atoms with van der Waals surface area (Å²) in [7, 11) is 0. The molecule has 120 valence electrons. The fourth-order valence-electron chi connectivity index (χ4n) is 3.11. The third kappa shape index (κ3) is 3.11. The topological polar surface area (TPSA) is 82.4 Å². The normalized spacial score (nSPS) is 23.8. The van der Waals surface area contributed by atoms with Crippen molar-refractivity contribution in [3.63, 3.8) is 0 Å². The molecule has 3 rings (SSSR count). The van der Waals surface area contributed by atoms with Gasteiger partial charge in [-0.2, -0.15) is 5.26 Å². The molecule has 23 heavy (non-hydrogen) atoms. The van der Waals surface area contributed by atoms with Crippen LogP contribution in [-0.2, 0) is 4.74 Å². The summed E-state index contributed by atoms with van der Waals surface area (Å²) in [5.74, 6) is -0.914. The molecular weight excluding hydrogens is 301 g/mol. The molecule has 0 saturated carbocycles. The Kier molecular flexibility index (Phi) is 3.90. The Hall–Kier alpha value is -2.62. The van der Waals surface area contributed by atoms with Gasteiger partial charge in [0.25, 0.3) is 5.91 Å². The number of halogens is 1. The largest absolute Gasteiger partial charge is 0.441 e. The summed E-state index contributed by atoms with van der Waals surface area (Å²) >= 11 is 0. The van der Waals surface area contributed by atoms with Crippen molar-refractivity contribution in [2.75, 3.05) is 19.6 Å². The quantitative estimate of drug-likeness (QED) is 0.856. The lowest BCUT2D eigenvalue weighted by Crippen LogP contribution is -2.36. The van der Waals surface area contributed by atoms with Gasteiger partial charge in [0.05, 0.1) is 18.2 Å². The zero-order valence-electron chi connectivity index (χ0n) is 12.5. The zero-order chi connectivity index (χ0) is 16.4. The Morgan fingerprint density at radius 3 is 2.87 bits per heavy atom. The van der Waals surface area contributed by atoms with Crippen LogP contribution in [0.2, 0.25) is 0 Å². The summed E-state index contributed by atoms with van der Waals surface area (Å²) in [6, 6.07) is 5.47. The molecule has 2 fully saturated rings. The first kappa shape index (κ1) is 15.3. The maximum absolute atomic E-state index is 13.5. The first-order valence-corrected chi connectivity index (χ1v) is 7.48. The van der Waals surface area contributed by atoms with Crippen molar-refractivity contribution < 1.29 is 18.7 Å². The van der Waals surface area contributed by atoms with Gasteiger partial charge in [-0.3, -0.25) is 4.79 Å². The van der Waals surface area contributed by atoms with Crippen LogP contribution in [0.5, 0.6) is 0 Å². The van der Waals surface area contributed by atoms with E-state index < -0.39 is 17.5 Å². The summed E-state index contributed by atoms with van der Waals surface area (Å²) in [6.07, 6.45) is 1.50. The number of nitriles is 1. The minimum absolute atomic E-state index is 0.119. The van der Waals surface area contributed by atoms with Crippen molar-refractivity contribution >= 4 is 12.0 Å². The Morgan fingerprint density at radius 1 is 1.35 bits per heavy atom. The van der Waals surface area contributed by atoms with Crippen molar-refractivity contribution in [1.29, 1.82) is 5.26 Å². The molecule has 1 N–H and O–H groups in total. The van der Waals surface area contributed by atoms with Crippen LogP contribution in [0.1, 0.15) is 35.2 Å². The molecular formula is C16H16FN3O3. The number of hydrogen-bond acceptors (Lipinski definition) is 4. The summed E-state index contributed by atoms with van der Waals surface area (Å²) in [6.45, 7) is 1.38. The number of ether oxygens (including phenoxy) is 1. The predicted molar refractivity (Wildman–Crippen MR) is 78.1 cm³/mol. The Bertz CT molecular complexity index is 700. The predicted octanol–water partition coefficient (Wildman–Crippen LogP) is 1.80. The number of benzene rings is 1. The van der Waals surface area contributed by atoms with Gasteiger partial charge in [0.15, 0.2) is 0 Å². The lowest BCUT2D eigenvalue weighted by atomic mass is 9.95. The third-order valence-corrected chi connectivity index (χ3v) is 4.32. The highest BCUT2D eigenvalue weighted by Gasteiger charge is 2.41. The van der Waals surface area contributed by atoms with Crippen LogP contribution in [0, 0.1) is 17.1 Å². The molecule has 2 heterocycles. The number of carbonyl (C=O) groups is 2. The molecule has 6 nitrogen and oxygen atoms in total. The van der Waals surface area contributed by atoms with E-state index in [1.165, 1.54) is 6.07 Å². The van der Waals surface area contributed by atoms with Crippen LogP contribution >= 0.6 is 0 Å². The molecule has 7 heteroatoms. The number of likely N-dealkylation sites (tertiary alicyclic amines) is 1. The number of nitrogens with one attached hydrogen (secondary N) is 1. The number of nitrogens with zero attached hydrogens (tertiary/aromatic N) is 2. The number of rotatable bonds is 1. The lowest BCUT2D eigenvalue weighted by molar-refractivity contribution is 0.0438. The first-order valence-electron chi connectivity index (χ1n) is 7.48. The second-order valence-corrected chi connectivity index (χ2v) is 5.91. The molecule has 0 unspecified atom stereocenters. The molecule has 1 aromatic rings. The average molecular weight is 317 g/mol. The monoisotopic (exact) mass is 317 g/mol.